The summed E-state index contributed by atoms with van der Waals surface area (Å²) < 4.78 is 20.1. The summed E-state index contributed by atoms with van der Waals surface area (Å²) in [6, 6.07) is 2.95. The topological polar surface area (TPSA) is 110 Å². The molecular formula is C19H16FN5O2. The standard InChI is InChI=1S/C19H16FN5O2/c1-8-16-14(18-12(23-8)3-2-6-27-18)13(15(21)19(26)24-16)9-4-5-11(20)17-10(9)7-22-25-17/h4-5,7H,2-3,6,21H2,1H3,(H,22,25)(H,24,26). The van der Waals surface area contributed by atoms with Crippen molar-refractivity contribution in [1.29, 1.82) is 0 Å². The van der Waals surface area contributed by atoms with Crippen molar-refractivity contribution in [3.05, 3.63) is 45.9 Å². The van der Waals surface area contributed by atoms with E-state index in [2.05, 4.69) is 20.2 Å². The molecule has 27 heavy (non-hydrogen) atoms. The SMILES string of the molecule is Cc1nc2c(c3c(-c4ccc(F)c5[nH]ncc45)c(N)c(=O)[nH]c13)OCCC2. The smallest absolute Gasteiger partial charge is 0.272 e. The Bertz CT molecular complexity index is 1290. The summed E-state index contributed by atoms with van der Waals surface area (Å²) in [4.78, 5) is 20.0. The predicted octanol–water partition coefficient (Wildman–Crippen LogP) is 2.82. The second kappa shape index (κ2) is 5.54. The highest BCUT2D eigenvalue weighted by Crippen LogP contribution is 2.42. The summed E-state index contributed by atoms with van der Waals surface area (Å²) in [6.07, 6.45) is 3.19. The van der Waals surface area contributed by atoms with Crippen LogP contribution < -0.4 is 16.0 Å². The molecular weight excluding hydrogens is 349 g/mol. The van der Waals surface area contributed by atoms with Gasteiger partial charge in [0.25, 0.3) is 5.56 Å². The van der Waals surface area contributed by atoms with Gasteiger partial charge in [0.15, 0.2) is 5.75 Å². The highest BCUT2D eigenvalue weighted by molar-refractivity contribution is 6.10. The number of aromatic nitrogens is 4. The van der Waals surface area contributed by atoms with Crippen LogP contribution >= 0.6 is 0 Å². The minimum Gasteiger partial charge on any atom is -0.491 e. The zero-order chi connectivity index (χ0) is 18.7. The van der Waals surface area contributed by atoms with Crippen LogP contribution in [0.25, 0.3) is 32.9 Å². The molecule has 8 heteroatoms. The van der Waals surface area contributed by atoms with E-state index < -0.39 is 11.4 Å². The molecule has 4 heterocycles. The number of halogens is 1. The number of nitrogens with one attached hydrogen (secondary N) is 2. The van der Waals surface area contributed by atoms with Crippen LogP contribution in [-0.4, -0.2) is 26.8 Å². The highest BCUT2D eigenvalue weighted by atomic mass is 19.1. The number of nitrogen functional groups attached to an aromatic ring is 1. The van der Waals surface area contributed by atoms with Crippen molar-refractivity contribution in [1.82, 2.24) is 20.2 Å². The first kappa shape index (κ1) is 15.8. The number of hydrogen-bond acceptors (Lipinski definition) is 5. The Morgan fingerprint density at radius 2 is 2.15 bits per heavy atom. The fourth-order valence-electron chi connectivity index (χ4n) is 3.81. The number of nitrogens with zero attached hydrogens (tertiary/aromatic N) is 2. The van der Waals surface area contributed by atoms with E-state index in [1.807, 2.05) is 6.92 Å². The minimum atomic E-state index is -0.421. The lowest BCUT2D eigenvalue weighted by Crippen LogP contribution is -2.17. The normalized spacial score (nSPS) is 13.7. The van der Waals surface area contributed by atoms with Crippen molar-refractivity contribution in [2.75, 3.05) is 12.3 Å². The van der Waals surface area contributed by atoms with Gasteiger partial charge in [-0.25, -0.2) is 4.39 Å². The third-order valence-corrected chi connectivity index (χ3v) is 5.04. The summed E-state index contributed by atoms with van der Waals surface area (Å²) in [5.74, 6) is 0.205. The number of nitrogens with two attached hydrogens (primary N) is 1. The number of benzene rings is 1. The molecule has 7 nitrogen and oxygen atoms in total. The number of hydrogen-bond donors (Lipinski definition) is 3. The maximum atomic E-state index is 14.1. The molecule has 0 unspecified atom stereocenters. The van der Waals surface area contributed by atoms with Crippen LogP contribution in [0.4, 0.5) is 10.1 Å². The Kier molecular flexibility index (Phi) is 3.24. The van der Waals surface area contributed by atoms with E-state index >= 15 is 0 Å². The zero-order valence-electron chi connectivity index (χ0n) is 14.5. The van der Waals surface area contributed by atoms with Crippen molar-refractivity contribution in [2.24, 2.45) is 0 Å². The van der Waals surface area contributed by atoms with E-state index in [1.165, 1.54) is 12.3 Å². The van der Waals surface area contributed by atoms with Crippen LogP contribution in [0.2, 0.25) is 0 Å². The number of aromatic amines is 2. The van der Waals surface area contributed by atoms with Gasteiger partial charge in [-0.2, -0.15) is 5.10 Å². The molecule has 3 aromatic heterocycles. The molecule has 0 bridgehead atoms. The highest BCUT2D eigenvalue weighted by Gasteiger charge is 2.25. The fraction of sp³-hybridized carbons (Fsp3) is 0.211. The molecule has 0 amide bonds. The van der Waals surface area contributed by atoms with Gasteiger partial charge in [-0.1, -0.05) is 6.07 Å². The van der Waals surface area contributed by atoms with Gasteiger partial charge in [0.2, 0.25) is 0 Å². The van der Waals surface area contributed by atoms with Crippen molar-refractivity contribution in [3.8, 4) is 16.9 Å². The average Bonchev–Trinajstić information content (AvgIpc) is 3.15. The molecule has 0 radical (unpaired) electrons. The maximum absolute atomic E-state index is 14.1. The number of anilines is 1. The van der Waals surface area contributed by atoms with Gasteiger partial charge in [0, 0.05) is 10.9 Å². The Morgan fingerprint density at radius 3 is 3.00 bits per heavy atom. The van der Waals surface area contributed by atoms with Gasteiger partial charge in [-0.05, 0) is 31.4 Å². The van der Waals surface area contributed by atoms with Crippen molar-refractivity contribution in [3.63, 3.8) is 0 Å². The number of fused-ring (bicyclic) bond motifs is 4. The van der Waals surface area contributed by atoms with E-state index in [0.29, 0.717) is 45.5 Å². The molecule has 4 aromatic rings. The van der Waals surface area contributed by atoms with E-state index in [4.69, 9.17) is 10.5 Å². The Hall–Kier alpha value is -3.42. The summed E-state index contributed by atoms with van der Waals surface area (Å²) in [7, 11) is 0. The van der Waals surface area contributed by atoms with Gasteiger partial charge in [0.1, 0.15) is 17.0 Å². The fourth-order valence-corrected chi connectivity index (χ4v) is 3.81. The summed E-state index contributed by atoms with van der Waals surface area (Å²) in [5.41, 5.74) is 9.36. The van der Waals surface area contributed by atoms with Gasteiger partial charge in [-0.15, -0.1) is 0 Å². The quantitative estimate of drug-likeness (QED) is 0.480. The van der Waals surface area contributed by atoms with Gasteiger partial charge in [0.05, 0.1) is 35.1 Å². The van der Waals surface area contributed by atoms with Crippen molar-refractivity contribution >= 4 is 27.5 Å². The lowest BCUT2D eigenvalue weighted by molar-refractivity contribution is 0.288. The number of rotatable bonds is 1. The van der Waals surface area contributed by atoms with Crippen LogP contribution in [0.1, 0.15) is 17.8 Å². The number of pyridine rings is 2. The van der Waals surface area contributed by atoms with Crippen LogP contribution in [0.15, 0.2) is 23.1 Å². The molecule has 0 atom stereocenters. The second-order valence-electron chi connectivity index (χ2n) is 6.67. The molecule has 5 rings (SSSR count). The van der Waals surface area contributed by atoms with Crippen LogP contribution in [-0.2, 0) is 6.42 Å². The molecule has 0 saturated carbocycles. The van der Waals surface area contributed by atoms with Crippen LogP contribution in [0.3, 0.4) is 0 Å². The first-order valence-corrected chi connectivity index (χ1v) is 8.66. The van der Waals surface area contributed by atoms with Gasteiger partial charge < -0.3 is 15.5 Å². The summed E-state index contributed by atoms with van der Waals surface area (Å²) in [6.45, 7) is 2.40. The summed E-state index contributed by atoms with van der Waals surface area (Å²) >= 11 is 0. The second-order valence-corrected chi connectivity index (χ2v) is 6.67. The van der Waals surface area contributed by atoms with E-state index in [-0.39, 0.29) is 11.2 Å². The molecule has 4 N–H and O–H groups in total. The van der Waals surface area contributed by atoms with Crippen LogP contribution in [0, 0.1) is 12.7 Å². The average molecular weight is 365 g/mol. The largest absolute Gasteiger partial charge is 0.491 e. The molecule has 1 aromatic carbocycles. The van der Waals surface area contributed by atoms with E-state index in [0.717, 1.165) is 18.5 Å². The Balaban J connectivity index is 2.01. The van der Waals surface area contributed by atoms with Gasteiger partial charge in [-0.3, -0.25) is 14.9 Å². The zero-order valence-corrected chi connectivity index (χ0v) is 14.5. The van der Waals surface area contributed by atoms with Crippen molar-refractivity contribution < 1.29 is 9.13 Å². The summed E-state index contributed by atoms with van der Waals surface area (Å²) in [5, 5.41) is 7.85. The number of aryl methyl sites for hydroxylation is 2. The Morgan fingerprint density at radius 1 is 1.30 bits per heavy atom. The van der Waals surface area contributed by atoms with Crippen molar-refractivity contribution in [2.45, 2.75) is 19.8 Å². The minimum absolute atomic E-state index is 0.0542. The maximum Gasteiger partial charge on any atom is 0.272 e. The lowest BCUT2D eigenvalue weighted by atomic mass is 9.94. The van der Waals surface area contributed by atoms with Gasteiger partial charge >= 0.3 is 0 Å². The molecule has 0 fully saturated rings. The number of ether oxygens (including phenoxy) is 1. The third-order valence-electron chi connectivity index (χ3n) is 5.04. The monoisotopic (exact) mass is 365 g/mol. The molecule has 0 aliphatic carbocycles. The molecule has 136 valence electrons. The van der Waals surface area contributed by atoms with E-state index in [1.54, 1.807) is 6.07 Å². The molecule has 0 saturated heterocycles. The predicted molar refractivity (Wildman–Crippen MR) is 100 cm³/mol. The molecule has 1 aliphatic heterocycles. The van der Waals surface area contributed by atoms with E-state index in [9.17, 15) is 9.18 Å². The third kappa shape index (κ3) is 2.16. The molecule has 0 spiro atoms. The lowest BCUT2D eigenvalue weighted by Gasteiger charge is -2.22. The first-order chi connectivity index (χ1) is 13.1. The van der Waals surface area contributed by atoms with Crippen LogP contribution in [0.5, 0.6) is 5.75 Å². The number of H-pyrrole nitrogens is 2. The Labute approximate surface area is 152 Å². The first-order valence-electron chi connectivity index (χ1n) is 8.66. The molecule has 1 aliphatic rings.